The predicted molar refractivity (Wildman–Crippen MR) is 133 cm³/mol. The van der Waals surface area contributed by atoms with Crippen molar-refractivity contribution in [3.8, 4) is 5.75 Å². The maximum atomic E-state index is 12.8. The van der Waals surface area contributed by atoms with Crippen molar-refractivity contribution in [3.63, 3.8) is 0 Å². The Morgan fingerprint density at radius 1 is 0.971 bits per heavy atom. The monoisotopic (exact) mass is 495 g/mol. The number of hydrogen-bond acceptors (Lipinski definition) is 7. The predicted octanol–water partition coefficient (Wildman–Crippen LogP) is 4.63. The number of sulfonamides is 1. The molecule has 0 saturated carbocycles. The minimum Gasteiger partial charge on any atom is -0.423 e. The zero-order valence-electron chi connectivity index (χ0n) is 19.2. The van der Waals surface area contributed by atoms with Gasteiger partial charge in [-0.3, -0.25) is 14.4 Å². The van der Waals surface area contributed by atoms with Crippen LogP contribution in [0.2, 0.25) is 0 Å². The van der Waals surface area contributed by atoms with Gasteiger partial charge in [0.15, 0.2) is 0 Å². The Balaban J connectivity index is 1.49. The fourth-order valence-corrected chi connectivity index (χ4v) is 5.19. The largest absolute Gasteiger partial charge is 0.423 e. The number of nitro benzene ring substituents is 1. The van der Waals surface area contributed by atoms with E-state index in [-0.39, 0.29) is 21.9 Å². The van der Waals surface area contributed by atoms with Gasteiger partial charge in [0.05, 0.1) is 21.1 Å². The van der Waals surface area contributed by atoms with Crippen LogP contribution in [0.4, 0.5) is 17.1 Å². The second kappa shape index (κ2) is 10.1. The van der Waals surface area contributed by atoms with Crippen LogP contribution in [0.1, 0.15) is 29.6 Å². The number of carbonyl (C=O) groups is 1. The Morgan fingerprint density at radius 2 is 1.63 bits per heavy atom. The molecule has 0 amide bonds. The van der Waals surface area contributed by atoms with E-state index < -0.39 is 20.9 Å². The van der Waals surface area contributed by atoms with Gasteiger partial charge < -0.3 is 9.64 Å². The molecule has 1 heterocycles. The van der Waals surface area contributed by atoms with Gasteiger partial charge in [-0.25, -0.2) is 13.2 Å². The highest BCUT2D eigenvalue weighted by atomic mass is 32.2. The van der Waals surface area contributed by atoms with E-state index in [4.69, 9.17) is 4.74 Å². The lowest BCUT2D eigenvalue weighted by Crippen LogP contribution is -2.30. The summed E-state index contributed by atoms with van der Waals surface area (Å²) in [5, 5.41) is 11.7. The summed E-state index contributed by atoms with van der Waals surface area (Å²) in [7, 11) is -2.30. The molecule has 1 aliphatic heterocycles. The molecule has 182 valence electrons. The first kappa shape index (κ1) is 24.2. The summed E-state index contributed by atoms with van der Waals surface area (Å²) in [6.45, 7) is 1.48. The quantitative estimate of drug-likeness (QED) is 0.203. The number of anilines is 2. The number of ether oxygens (including phenoxy) is 1. The molecule has 0 unspecified atom stereocenters. The minimum atomic E-state index is -3.74. The average molecular weight is 496 g/mol. The zero-order chi connectivity index (χ0) is 25.0. The smallest absolute Gasteiger partial charge is 0.343 e. The molecule has 1 fully saturated rings. The molecule has 35 heavy (non-hydrogen) atoms. The molecule has 0 aliphatic carbocycles. The van der Waals surface area contributed by atoms with Gasteiger partial charge in [-0.2, -0.15) is 0 Å². The van der Waals surface area contributed by atoms with E-state index >= 15 is 0 Å². The summed E-state index contributed by atoms with van der Waals surface area (Å²) >= 11 is 0. The third kappa shape index (κ3) is 5.27. The molecule has 1 aliphatic rings. The van der Waals surface area contributed by atoms with Gasteiger partial charge in [-0.05, 0) is 67.8 Å². The molecule has 0 radical (unpaired) electrons. The van der Waals surface area contributed by atoms with E-state index in [0.29, 0.717) is 11.4 Å². The van der Waals surface area contributed by atoms with E-state index in [9.17, 15) is 23.3 Å². The first-order valence-electron chi connectivity index (χ1n) is 11.2. The van der Waals surface area contributed by atoms with Crippen LogP contribution in [0.25, 0.3) is 0 Å². The third-order valence-electron chi connectivity index (χ3n) is 5.92. The van der Waals surface area contributed by atoms with E-state index in [0.717, 1.165) is 36.7 Å². The van der Waals surface area contributed by atoms with Gasteiger partial charge in [0, 0.05) is 26.2 Å². The number of nitrogens with zero attached hydrogens (tertiary/aromatic N) is 3. The molecule has 0 aromatic heterocycles. The first-order valence-corrected chi connectivity index (χ1v) is 12.6. The van der Waals surface area contributed by atoms with Crippen LogP contribution in [-0.4, -0.2) is 39.4 Å². The Hall–Kier alpha value is -3.92. The molecular formula is C25H25N3O6S. The highest BCUT2D eigenvalue weighted by Crippen LogP contribution is 2.32. The summed E-state index contributed by atoms with van der Waals surface area (Å²) in [6, 6.07) is 18.4. The van der Waals surface area contributed by atoms with Crippen molar-refractivity contribution in [3.05, 3.63) is 88.5 Å². The maximum Gasteiger partial charge on any atom is 0.343 e. The van der Waals surface area contributed by atoms with E-state index in [1.807, 2.05) is 4.90 Å². The third-order valence-corrected chi connectivity index (χ3v) is 7.72. The van der Waals surface area contributed by atoms with Crippen molar-refractivity contribution in [1.29, 1.82) is 0 Å². The van der Waals surface area contributed by atoms with Crippen LogP contribution in [0.3, 0.4) is 0 Å². The Morgan fingerprint density at radius 3 is 2.26 bits per heavy atom. The lowest BCUT2D eigenvalue weighted by molar-refractivity contribution is -0.384. The zero-order valence-corrected chi connectivity index (χ0v) is 20.0. The van der Waals surface area contributed by atoms with Crippen LogP contribution in [-0.2, 0) is 10.0 Å². The van der Waals surface area contributed by atoms with Crippen LogP contribution < -0.4 is 13.9 Å². The Labute approximate surface area is 203 Å². The number of carbonyl (C=O) groups excluding carboxylic acids is 1. The van der Waals surface area contributed by atoms with E-state index in [1.165, 1.54) is 55.6 Å². The van der Waals surface area contributed by atoms with Gasteiger partial charge >= 0.3 is 5.97 Å². The van der Waals surface area contributed by atoms with Gasteiger partial charge in [0.25, 0.3) is 15.7 Å². The summed E-state index contributed by atoms with van der Waals surface area (Å²) in [6.07, 6.45) is 3.04. The molecule has 10 heteroatoms. The molecule has 0 atom stereocenters. The second-order valence-electron chi connectivity index (χ2n) is 8.18. The molecule has 0 spiro atoms. The van der Waals surface area contributed by atoms with Crippen molar-refractivity contribution < 1.29 is 22.9 Å². The van der Waals surface area contributed by atoms with Crippen molar-refractivity contribution >= 4 is 33.1 Å². The van der Waals surface area contributed by atoms with Crippen molar-refractivity contribution in [1.82, 2.24) is 0 Å². The summed E-state index contributed by atoms with van der Waals surface area (Å²) in [4.78, 5) is 26.0. The lowest BCUT2D eigenvalue weighted by Gasteiger charge is -2.28. The maximum absolute atomic E-state index is 12.8. The van der Waals surface area contributed by atoms with E-state index in [2.05, 4.69) is 0 Å². The summed E-state index contributed by atoms with van der Waals surface area (Å²) in [5.74, 6) is -0.552. The Bertz CT molecular complexity index is 1320. The fraction of sp³-hybridized carbons (Fsp3) is 0.240. The van der Waals surface area contributed by atoms with Crippen molar-refractivity contribution in [2.45, 2.75) is 24.2 Å². The molecule has 3 aromatic rings. The van der Waals surface area contributed by atoms with Crippen LogP contribution in [0.15, 0.2) is 77.7 Å². The molecule has 1 saturated heterocycles. The average Bonchev–Trinajstić information content (AvgIpc) is 2.89. The second-order valence-corrected chi connectivity index (χ2v) is 10.1. The van der Waals surface area contributed by atoms with Gasteiger partial charge in [0.1, 0.15) is 11.4 Å². The standard InChI is InChI=1S/C25H25N3O6S/c1-26(35(32,33)22-8-4-2-5-9-22)20-11-13-21(14-12-20)34-25(29)19-10-15-23(24(18-19)28(30)31)27-16-6-3-7-17-27/h2,4-5,8-15,18H,3,6-7,16-17H2,1H3. The molecule has 3 aromatic carbocycles. The number of rotatable bonds is 7. The van der Waals surface area contributed by atoms with Gasteiger partial charge in [-0.1, -0.05) is 18.2 Å². The van der Waals surface area contributed by atoms with Crippen LogP contribution >= 0.6 is 0 Å². The Kier molecular flexibility index (Phi) is 7.02. The number of piperidine rings is 1. The summed E-state index contributed by atoms with van der Waals surface area (Å²) in [5.41, 5.74) is 0.809. The molecule has 9 nitrogen and oxygen atoms in total. The van der Waals surface area contributed by atoms with Crippen LogP contribution in [0, 0.1) is 10.1 Å². The minimum absolute atomic E-state index is 0.0605. The van der Waals surface area contributed by atoms with Crippen LogP contribution in [0.5, 0.6) is 5.75 Å². The molecular weight excluding hydrogens is 470 g/mol. The number of nitro groups is 1. The van der Waals surface area contributed by atoms with Crippen molar-refractivity contribution in [2.75, 3.05) is 29.3 Å². The summed E-state index contributed by atoms with van der Waals surface area (Å²) < 4.78 is 32.1. The highest BCUT2D eigenvalue weighted by Gasteiger charge is 2.24. The molecule has 4 rings (SSSR count). The number of benzene rings is 3. The topological polar surface area (TPSA) is 110 Å². The van der Waals surface area contributed by atoms with Crippen molar-refractivity contribution in [2.24, 2.45) is 0 Å². The SMILES string of the molecule is CN(c1ccc(OC(=O)c2ccc(N3CCCCC3)c([N+](=O)[O-])c2)cc1)S(=O)(=O)c1ccccc1. The van der Waals surface area contributed by atoms with E-state index in [1.54, 1.807) is 24.3 Å². The molecule has 0 N–H and O–H groups in total. The molecule has 0 bridgehead atoms. The number of hydrogen-bond donors (Lipinski definition) is 0. The van der Waals surface area contributed by atoms with Gasteiger partial charge in [0.2, 0.25) is 0 Å². The lowest BCUT2D eigenvalue weighted by atomic mass is 10.1. The normalized spacial score (nSPS) is 13.8. The number of esters is 1. The highest BCUT2D eigenvalue weighted by molar-refractivity contribution is 7.92. The first-order chi connectivity index (χ1) is 16.8. The fourth-order valence-electron chi connectivity index (χ4n) is 3.98. The van der Waals surface area contributed by atoms with Gasteiger partial charge in [-0.15, -0.1) is 0 Å².